The van der Waals surface area contributed by atoms with Crippen molar-refractivity contribution in [3.05, 3.63) is 0 Å². The summed E-state index contributed by atoms with van der Waals surface area (Å²) in [5, 5.41) is 0. The summed E-state index contributed by atoms with van der Waals surface area (Å²) in [6, 6.07) is 0. The molecule has 0 aromatic heterocycles. The van der Waals surface area contributed by atoms with Gasteiger partial charge in [0.05, 0.1) is 25.4 Å². The first-order chi connectivity index (χ1) is 4.45. The minimum Gasteiger partial charge on any atom is -0.376 e. The van der Waals surface area contributed by atoms with Crippen molar-refractivity contribution < 1.29 is 9.47 Å². The van der Waals surface area contributed by atoms with Crippen LogP contribution < -0.4 is 0 Å². The minimum absolute atomic E-state index is 0.525. The molecule has 1 saturated carbocycles. The Labute approximate surface area is 55.1 Å². The minimum atomic E-state index is 0.525. The number of ether oxygens (including phenoxy) is 2. The first kappa shape index (κ1) is 5.69. The molecule has 1 aliphatic heterocycles. The molecule has 2 aliphatic rings. The van der Waals surface area contributed by atoms with Crippen molar-refractivity contribution in [1.29, 1.82) is 0 Å². The number of hydrogen-bond acceptors (Lipinski definition) is 2. The summed E-state index contributed by atoms with van der Waals surface area (Å²) in [5.74, 6) is 0. The van der Waals surface area contributed by atoms with Crippen LogP contribution in [0.3, 0.4) is 0 Å². The Hall–Kier alpha value is -0.0800. The predicted molar refractivity (Wildman–Crippen MR) is 33.3 cm³/mol. The van der Waals surface area contributed by atoms with Gasteiger partial charge in [-0.3, -0.25) is 0 Å². The van der Waals surface area contributed by atoms with Gasteiger partial charge in [-0.05, 0) is 19.3 Å². The lowest BCUT2D eigenvalue weighted by molar-refractivity contribution is 0.0189. The van der Waals surface area contributed by atoms with E-state index in [0.29, 0.717) is 12.2 Å². The van der Waals surface area contributed by atoms with Gasteiger partial charge in [-0.15, -0.1) is 0 Å². The zero-order valence-electron chi connectivity index (χ0n) is 5.51. The molecule has 52 valence electrons. The molecule has 1 saturated heterocycles. The van der Waals surface area contributed by atoms with Crippen molar-refractivity contribution in [2.24, 2.45) is 0 Å². The van der Waals surface area contributed by atoms with E-state index in [1.165, 1.54) is 12.8 Å². The van der Waals surface area contributed by atoms with Crippen molar-refractivity contribution in [2.75, 3.05) is 13.2 Å². The molecule has 2 bridgehead atoms. The Balaban J connectivity index is 1.99. The third-order valence-corrected chi connectivity index (χ3v) is 2.13. The quantitative estimate of drug-likeness (QED) is 0.483. The normalized spacial score (nSPS) is 42.7. The molecule has 2 nitrogen and oxygen atoms in total. The van der Waals surface area contributed by atoms with Crippen LogP contribution in [0.25, 0.3) is 0 Å². The summed E-state index contributed by atoms with van der Waals surface area (Å²) in [6.07, 6.45) is 4.62. The second-order valence-electron chi connectivity index (χ2n) is 2.80. The second kappa shape index (κ2) is 2.27. The van der Waals surface area contributed by atoms with Gasteiger partial charge in [0, 0.05) is 0 Å². The summed E-state index contributed by atoms with van der Waals surface area (Å²) in [4.78, 5) is 0. The molecule has 2 heteroatoms. The molecule has 2 rings (SSSR count). The second-order valence-corrected chi connectivity index (χ2v) is 2.80. The van der Waals surface area contributed by atoms with Crippen LogP contribution in [0, 0.1) is 0 Å². The fourth-order valence-corrected chi connectivity index (χ4v) is 1.63. The lowest BCUT2D eigenvalue weighted by Crippen LogP contribution is -2.10. The van der Waals surface area contributed by atoms with Crippen LogP contribution in [0.15, 0.2) is 0 Å². The Bertz CT molecular complexity index is 91.1. The zero-order valence-corrected chi connectivity index (χ0v) is 5.51. The number of hydrogen-bond donors (Lipinski definition) is 0. The highest BCUT2D eigenvalue weighted by Gasteiger charge is 2.27. The van der Waals surface area contributed by atoms with Gasteiger partial charge in [0.1, 0.15) is 0 Å². The highest BCUT2D eigenvalue weighted by Crippen LogP contribution is 2.26. The monoisotopic (exact) mass is 128 g/mol. The van der Waals surface area contributed by atoms with Gasteiger partial charge in [0.25, 0.3) is 0 Å². The van der Waals surface area contributed by atoms with Crippen LogP contribution in [0.5, 0.6) is 0 Å². The third-order valence-electron chi connectivity index (χ3n) is 2.13. The third kappa shape index (κ3) is 1.10. The summed E-state index contributed by atoms with van der Waals surface area (Å²) >= 11 is 0. The average molecular weight is 128 g/mol. The summed E-state index contributed by atoms with van der Waals surface area (Å²) in [6.45, 7) is 1.61. The fourth-order valence-electron chi connectivity index (χ4n) is 1.63. The van der Waals surface area contributed by atoms with E-state index in [0.717, 1.165) is 19.6 Å². The van der Waals surface area contributed by atoms with E-state index in [1.807, 2.05) is 0 Å². The Kier molecular flexibility index (Phi) is 1.44. The van der Waals surface area contributed by atoms with E-state index >= 15 is 0 Å². The zero-order chi connectivity index (χ0) is 6.10. The molecule has 0 spiro atoms. The van der Waals surface area contributed by atoms with E-state index in [9.17, 15) is 0 Å². The maximum absolute atomic E-state index is 5.47. The summed E-state index contributed by atoms with van der Waals surface area (Å²) in [7, 11) is 0. The highest BCUT2D eigenvalue weighted by molar-refractivity contribution is 4.78. The van der Waals surface area contributed by atoms with Gasteiger partial charge in [-0.1, -0.05) is 0 Å². The number of rotatable bonds is 0. The number of fused-ring (bicyclic) bond motifs is 2. The van der Waals surface area contributed by atoms with Gasteiger partial charge in [0.15, 0.2) is 0 Å². The lowest BCUT2D eigenvalue weighted by atomic mass is 10.3. The van der Waals surface area contributed by atoms with Crippen LogP contribution in [0.2, 0.25) is 0 Å². The van der Waals surface area contributed by atoms with Crippen molar-refractivity contribution >= 4 is 0 Å². The molecule has 0 amide bonds. The van der Waals surface area contributed by atoms with E-state index in [-0.39, 0.29) is 0 Å². The first-order valence-electron chi connectivity index (χ1n) is 3.68. The maximum atomic E-state index is 5.47. The van der Waals surface area contributed by atoms with Crippen molar-refractivity contribution in [2.45, 2.75) is 31.5 Å². The van der Waals surface area contributed by atoms with Crippen molar-refractivity contribution in [3.8, 4) is 0 Å². The molecule has 1 heterocycles. The van der Waals surface area contributed by atoms with Crippen molar-refractivity contribution in [3.63, 3.8) is 0 Å². The molecule has 0 N–H and O–H groups in total. The predicted octanol–water partition coefficient (Wildman–Crippen LogP) is 0.954. The topological polar surface area (TPSA) is 18.5 Å². The average Bonchev–Trinajstić information content (AvgIpc) is 2.09. The smallest absolute Gasteiger partial charge is 0.0704 e. The van der Waals surface area contributed by atoms with E-state index < -0.39 is 0 Å². The van der Waals surface area contributed by atoms with Gasteiger partial charge in [0.2, 0.25) is 0 Å². The Morgan fingerprint density at radius 2 is 1.44 bits per heavy atom. The summed E-state index contributed by atoms with van der Waals surface area (Å²) < 4.78 is 10.9. The molecule has 0 aromatic carbocycles. The van der Waals surface area contributed by atoms with Gasteiger partial charge in [-0.25, -0.2) is 0 Å². The van der Waals surface area contributed by atoms with Gasteiger partial charge >= 0.3 is 0 Å². The molecule has 2 fully saturated rings. The molecule has 0 radical (unpaired) electrons. The standard InChI is InChI=1S/C7H12O2/c1-2-7-5-6(1)8-3-4-9-7/h6-7H,1-5H2. The van der Waals surface area contributed by atoms with E-state index in [2.05, 4.69) is 0 Å². The molecular weight excluding hydrogens is 116 g/mol. The molecule has 0 aromatic rings. The van der Waals surface area contributed by atoms with Crippen LogP contribution >= 0.6 is 0 Å². The first-order valence-corrected chi connectivity index (χ1v) is 3.68. The SMILES string of the molecule is C1COC2CCC(C2)O1. The van der Waals surface area contributed by atoms with E-state index in [4.69, 9.17) is 9.47 Å². The Morgan fingerprint density at radius 3 is 2.00 bits per heavy atom. The van der Waals surface area contributed by atoms with Gasteiger partial charge in [-0.2, -0.15) is 0 Å². The van der Waals surface area contributed by atoms with Crippen LogP contribution in [-0.4, -0.2) is 25.4 Å². The van der Waals surface area contributed by atoms with Gasteiger partial charge < -0.3 is 9.47 Å². The van der Waals surface area contributed by atoms with Crippen molar-refractivity contribution in [1.82, 2.24) is 0 Å². The maximum Gasteiger partial charge on any atom is 0.0704 e. The van der Waals surface area contributed by atoms with Crippen LogP contribution in [0.4, 0.5) is 0 Å². The molecule has 1 aliphatic carbocycles. The van der Waals surface area contributed by atoms with Crippen LogP contribution in [-0.2, 0) is 9.47 Å². The molecular formula is C7H12O2. The Morgan fingerprint density at radius 1 is 0.889 bits per heavy atom. The molecule has 2 unspecified atom stereocenters. The highest BCUT2D eigenvalue weighted by atomic mass is 16.5. The fraction of sp³-hybridized carbons (Fsp3) is 1.00. The lowest BCUT2D eigenvalue weighted by Gasteiger charge is -2.08. The molecule has 9 heavy (non-hydrogen) atoms. The summed E-state index contributed by atoms with van der Waals surface area (Å²) in [5.41, 5.74) is 0. The van der Waals surface area contributed by atoms with Crippen LogP contribution in [0.1, 0.15) is 19.3 Å². The van der Waals surface area contributed by atoms with E-state index in [1.54, 1.807) is 0 Å². The largest absolute Gasteiger partial charge is 0.376 e. The molecule has 2 atom stereocenters.